The van der Waals surface area contributed by atoms with Gasteiger partial charge in [-0.15, -0.1) is 0 Å². The Morgan fingerprint density at radius 2 is 2.39 bits per heavy atom. The van der Waals surface area contributed by atoms with E-state index in [2.05, 4.69) is 0 Å². The largest absolute Gasteiger partial charge is 0.396 e. The van der Waals surface area contributed by atoms with Crippen LogP contribution >= 0.6 is 0 Å². The molecule has 2 unspecified atom stereocenters. The maximum absolute atomic E-state index is 12.1. The van der Waals surface area contributed by atoms with Gasteiger partial charge in [0.15, 0.2) is 0 Å². The van der Waals surface area contributed by atoms with Gasteiger partial charge >= 0.3 is 0 Å². The van der Waals surface area contributed by atoms with Crippen LogP contribution in [0.5, 0.6) is 0 Å². The van der Waals surface area contributed by atoms with Crippen molar-refractivity contribution in [3.8, 4) is 0 Å². The van der Waals surface area contributed by atoms with Gasteiger partial charge in [0, 0.05) is 33.4 Å². The van der Waals surface area contributed by atoms with E-state index < -0.39 is 6.04 Å². The van der Waals surface area contributed by atoms with Crippen molar-refractivity contribution in [2.75, 3.05) is 33.4 Å². The molecule has 18 heavy (non-hydrogen) atoms. The lowest BCUT2D eigenvalue weighted by atomic mass is 9.94. The van der Waals surface area contributed by atoms with Crippen LogP contribution in [0.3, 0.4) is 0 Å². The zero-order chi connectivity index (χ0) is 13.4. The Morgan fingerprint density at radius 3 is 3.06 bits per heavy atom. The standard InChI is InChI=1S/C13H26N2O3/c1-18-9-3-5-12(14)13(17)15-7-2-4-11(10-15)6-8-16/h11-12,16H,2-10,14H2,1H3. The fraction of sp³-hybridized carbons (Fsp3) is 0.923. The second kappa shape index (κ2) is 8.45. The molecule has 5 nitrogen and oxygen atoms in total. The summed E-state index contributed by atoms with van der Waals surface area (Å²) in [6.07, 6.45) is 4.39. The predicted molar refractivity (Wildman–Crippen MR) is 70.1 cm³/mol. The Morgan fingerprint density at radius 1 is 1.61 bits per heavy atom. The summed E-state index contributed by atoms with van der Waals surface area (Å²) in [6.45, 7) is 2.40. The van der Waals surface area contributed by atoms with Crippen molar-refractivity contribution < 1.29 is 14.6 Å². The molecule has 0 aromatic rings. The first kappa shape index (κ1) is 15.4. The number of nitrogens with zero attached hydrogens (tertiary/aromatic N) is 1. The highest BCUT2D eigenvalue weighted by atomic mass is 16.5. The van der Waals surface area contributed by atoms with Crippen molar-refractivity contribution in [3.05, 3.63) is 0 Å². The summed E-state index contributed by atoms with van der Waals surface area (Å²) in [5.41, 5.74) is 5.91. The first-order valence-corrected chi connectivity index (χ1v) is 6.83. The summed E-state index contributed by atoms with van der Waals surface area (Å²) >= 11 is 0. The number of carbonyl (C=O) groups excluding carboxylic acids is 1. The first-order chi connectivity index (χ1) is 8.69. The Balaban J connectivity index is 2.35. The van der Waals surface area contributed by atoms with Crippen LogP contribution in [0.1, 0.15) is 32.1 Å². The molecule has 1 saturated heterocycles. The lowest BCUT2D eigenvalue weighted by Gasteiger charge is -2.34. The van der Waals surface area contributed by atoms with Gasteiger partial charge < -0.3 is 20.5 Å². The quantitative estimate of drug-likeness (QED) is 0.647. The smallest absolute Gasteiger partial charge is 0.239 e. The number of carbonyl (C=O) groups is 1. The van der Waals surface area contributed by atoms with Crippen LogP contribution in [0.15, 0.2) is 0 Å². The van der Waals surface area contributed by atoms with E-state index in [-0.39, 0.29) is 12.5 Å². The molecule has 1 fully saturated rings. The highest BCUT2D eigenvalue weighted by Gasteiger charge is 2.26. The highest BCUT2D eigenvalue weighted by Crippen LogP contribution is 2.20. The van der Waals surface area contributed by atoms with Crippen LogP contribution in [0.25, 0.3) is 0 Å². The number of nitrogens with two attached hydrogens (primary N) is 1. The zero-order valence-electron chi connectivity index (χ0n) is 11.3. The molecule has 1 amide bonds. The number of aliphatic hydroxyl groups is 1. The van der Waals surface area contributed by atoms with Gasteiger partial charge in [0.05, 0.1) is 6.04 Å². The topological polar surface area (TPSA) is 75.8 Å². The number of methoxy groups -OCH3 is 1. The average molecular weight is 258 g/mol. The summed E-state index contributed by atoms with van der Waals surface area (Å²) in [5.74, 6) is 0.479. The summed E-state index contributed by atoms with van der Waals surface area (Å²) < 4.78 is 4.96. The van der Waals surface area contributed by atoms with Crippen molar-refractivity contribution in [2.45, 2.75) is 38.1 Å². The maximum atomic E-state index is 12.1. The van der Waals surface area contributed by atoms with Gasteiger partial charge in [-0.05, 0) is 38.0 Å². The third kappa shape index (κ3) is 4.92. The summed E-state index contributed by atoms with van der Waals surface area (Å²) in [7, 11) is 1.65. The first-order valence-electron chi connectivity index (χ1n) is 6.83. The minimum atomic E-state index is -0.409. The molecule has 0 radical (unpaired) electrons. The van der Waals surface area contributed by atoms with Gasteiger partial charge in [-0.2, -0.15) is 0 Å². The van der Waals surface area contributed by atoms with Crippen molar-refractivity contribution in [2.24, 2.45) is 11.7 Å². The zero-order valence-corrected chi connectivity index (χ0v) is 11.3. The lowest BCUT2D eigenvalue weighted by Crippen LogP contribution is -2.48. The van der Waals surface area contributed by atoms with Crippen LogP contribution in [-0.4, -0.2) is 55.4 Å². The lowest BCUT2D eigenvalue weighted by molar-refractivity contribution is -0.134. The van der Waals surface area contributed by atoms with Crippen molar-refractivity contribution >= 4 is 5.91 Å². The molecule has 3 N–H and O–H groups in total. The van der Waals surface area contributed by atoms with Gasteiger partial charge in [0.2, 0.25) is 5.91 Å². The van der Waals surface area contributed by atoms with Crippen LogP contribution in [-0.2, 0) is 9.53 Å². The number of likely N-dealkylation sites (tertiary alicyclic amines) is 1. The molecular weight excluding hydrogens is 232 g/mol. The number of rotatable bonds is 7. The number of piperidine rings is 1. The molecule has 1 rings (SSSR count). The van der Waals surface area contributed by atoms with Crippen molar-refractivity contribution in [3.63, 3.8) is 0 Å². The van der Waals surface area contributed by atoms with E-state index in [9.17, 15) is 4.79 Å². The minimum Gasteiger partial charge on any atom is -0.396 e. The minimum absolute atomic E-state index is 0.0498. The highest BCUT2D eigenvalue weighted by molar-refractivity contribution is 5.81. The molecular formula is C13H26N2O3. The van der Waals surface area contributed by atoms with Gasteiger partial charge in [0.1, 0.15) is 0 Å². The molecule has 0 aliphatic carbocycles. The number of amides is 1. The molecule has 0 saturated carbocycles. The molecule has 1 aliphatic heterocycles. The average Bonchev–Trinajstić information content (AvgIpc) is 2.39. The maximum Gasteiger partial charge on any atom is 0.239 e. The van der Waals surface area contributed by atoms with Gasteiger partial charge in [-0.25, -0.2) is 0 Å². The molecule has 0 aromatic carbocycles. The molecule has 2 atom stereocenters. The summed E-state index contributed by atoms with van der Waals surface area (Å²) in [6, 6.07) is -0.409. The fourth-order valence-corrected chi connectivity index (χ4v) is 2.49. The molecule has 0 spiro atoms. The second-order valence-electron chi connectivity index (χ2n) is 5.05. The normalized spacial score (nSPS) is 21.9. The Bertz CT molecular complexity index is 246. The third-order valence-corrected chi connectivity index (χ3v) is 3.55. The molecule has 1 aliphatic rings. The van der Waals surface area contributed by atoms with E-state index in [4.69, 9.17) is 15.6 Å². The van der Waals surface area contributed by atoms with Crippen LogP contribution in [0.2, 0.25) is 0 Å². The third-order valence-electron chi connectivity index (χ3n) is 3.55. The summed E-state index contributed by atoms with van der Waals surface area (Å²) in [5, 5.41) is 8.95. The number of hydrogen-bond donors (Lipinski definition) is 2. The van der Waals surface area contributed by atoms with E-state index in [1.165, 1.54) is 0 Å². The second-order valence-corrected chi connectivity index (χ2v) is 5.05. The molecule has 1 heterocycles. The van der Waals surface area contributed by atoms with Gasteiger partial charge in [-0.1, -0.05) is 0 Å². The van der Waals surface area contributed by atoms with Crippen LogP contribution in [0.4, 0.5) is 0 Å². The van der Waals surface area contributed by atoms with E-state index in [0.29, 0.717) is 18.9 Å². The van der Waals surface area contributed by atoms with Crippen molar-refractivity contribution in [1.82, 2.24) is 4.90 Å². The number of ether oxygens (including phenoxy) is 1. The summed E-state index contributed by atoms with van der Waals surface area (Å²) in [4.78, 5) is 14.0. The molecule has 106 valence electrons. The SMILES string of the molecule is COCCCC(N)C(=O)N1CCCC(CCO)C1. The van der Waals surface area contributed by atoms with Gasteiger partial charge in [-0.3, -0.25) is 4.79 Å². The van der Waals surface area contributed by atoms with Crippen LogP contribution in [0, 0.1) is 5.92 Å². The van der Waals surface area contributed by atoms with Crippen molar-refractivity contribution in [1.29, 1.82) is 0 Å². The van der Waals surface area contributed by atoms with E-state index >= 15 is 0 Å². The van der Waals surface area contributed by atoms with E-state index in [0.717, 1.165) is 38.8 Å². The Kier molecular flexibility index (Phi) is 7.23. The Labute approximate surface area is 109 Å². The number of hydrogen-bond acceptors (Lipinski definition) is 4. The van der Waals surface area contributed by atoms with Crippen LogP contribution < -0.4 is 5.73 Å². The molecule has 0 bridgehead atoms. The Hall–Kier alpha value is -0.650. The van der Waals surface area contributed by atoms with E-state index in [1.54, 1.807) is 7.11 Å². The molecule has 5 heteroatoms. The number of aliphatic hydroxyl groups excluding tert-OH is 1. The van der Waals surface area contributed by atoms with E-state index in [1.807, 2.05) is 4.90 Å². The molecule has 0 aromatic heterocycles. The predicted octanol–water partition coefficient (Wildman–Crippen LogP) is 0.361. The van der Waals surface area contributed by atoms with Gasteiger partial charge in [0.25, 0.3) is 0 Å². The monoisotopic (exact) mass is 258 g/mol. The fourth-order valence-electron chi connectivity index (χ4n) is 2.49.